The summed E-state index contributed by atoms with van der Waals surface area (Å²) >= 11 is 0. The van der Waals surface area contributed by atoms with E-state index in [1.165, 1.54) is 22.5 Å². The quantitative estimate of drug-likeness (QED) is 0.823. The summed E-state index contributed by atoms with van der Waals surface area (Å²) in [4.78, 5) is 2.22. The van der Waals surface area contributed by atoms with Crippen molar-refractivity contribution in [1.82, 2.24) is 9.21 Å². The third kappa shape index (κ3) is 4.54. The van der Waals surface area contributed by atoms with E-state index in [-0.39, 0.29) is 4.90 Å². The molecule has 0 aromatic heterocycles. The average Bonchev–Trinajstić information content (AvgIpc) is 2.63. The summed E-state index contributed by atoms with van der Waals surface area (Å²) < 4.78 is 39.9. The number of hydrogen-bond donors (Lipinski definition) is 0. The molecule has 2 aromatic rings. The molecule has 4 nitrogen and oxygen atoms in total. The van der Waals surface area contributed by atoms with Gasteiger partial charge in [0.05, 0.1) is 4.90 Å². The first-order valence-corrected chi connectivity index (χ1v) is 9.69. The zero-order valence-corrected chi connectivity index (χ0v) is 14.7. The third-order valence-electron chi connectivity index (χ3n) is 4.24. The number of halogens is 1. The lowest BCUT2D eigenvalue weighted by atomic mass is 10.2. The molecule has 1 aliphatic heterocycles. The van der Waals surface area contributed by atoms with Crippen molar-refractivity contribution in [2.24, 2.45) is 0 Å². The molecule has 1 heterocycles. The fraction of sp³-hybridized carbons (Fsp3) is 0.263. The molecule has 25 heavy (non-hydrogen) atoms. The normalized spacial score (nSPS) is 17.2. The van der Waals surface area contributed by atoms with Crippen molar-refractivity contribution >= 4 is 16.1 Å². The van der Waals surface area contributed by atoms with Crippen molar-refractivity contribution in [3.05, 3.63) is 72.1 Å². The maximum Gasteiger partial charge on any atom is 0.243 e. The Bertz CT molecular complexity index is 830. The summed E-state index contributed by atoms with van der Waals surface area (Å²) in [6, 6.07) is 15.2. The minimum absolute atomic E-state index is 0.0184. The fourth-order valence-electron chi connectivity index (χ4n) is 2.83. The molecule has 0 unspecified atom stereocenters. The molecule has 0 bridgehead atoms. The van der Waals surface area contributed by atoms with Crippen LogP contribution in [0, 0.1) is 5.82 Å². The Kier molecular flexibility index (Phi) is 5.63. The first-order valence-electron chi connectivity index (χ1n) is 8.25. The van der Waals surface area contributed by atoms with Gasteiger partial charge in [-0.25, -0.2) is 12.8 Å². The van der Waals surface area contributed by atoms with Crippen LogP contribution >= 0.6 is 0 Å². The molecule has 6 heteroatoms. The van der Waals surface area contributed by atoms with E-state index in [1.807, 2.05) is 30.3 Å². The second kappa shape index (κ2) is 7.91. The maximum atomic E-state index is 13.3. The lowest BCUT2D eigenvalue weighted by Gasteiger charge is -2.33. The lowest BCUT2D eigenvalue weighted by molar-refractivity contribution is 0.204. The summed E-state index contributed by atoms with van der Waals surface area (Å²) in [5.41, 5.74) is 1.15. The minimum Gasteiger partial charge on any atom is -0.297 e. The van der Waals surface area contributed by atoms with Gasteiger partial charge in [0.25, 0.3) is 0 Å². The molecular formula is C19H21FN2O2S. The Morgan fingerprint density at radius 1 is 0.960 bits per heavy atom. The Morgan fingerprint density at radius 3 is 2.36 bits per heavy atom. The van der Waals surface area contributed by atoms with Gasteiger partial charge in [-0.1, -0.05) is 48.6 Å². The Morgan fingerprint density at radius 2 is 1.68 bits per heavy atom. The average molecular weight is 360 g/mol. The Labute approximate surface area is 148 Å². The molecule has 0 N–H and O–H groups in total. The van der Waals surface area contributed by atoms with E-state index in [2.05, 4.69) is 17.1 Å². The van der Waals surface area contributed by atoms with Gasteiger partial charge in [0, 0.05) is 32.7 Å². The number of rotatable bonds is 5. The van der Waals surface area contributed by atoms with E-state index >= 15 is 0 Å². The van der Waals surface area contributed by atoms with E-state index in [1.54, 1.807) is 0 Å². The van der Waals surface area contributed by atoms with Crippen LogP contribution in [0.4, 0.5) is 4.39 Å². The zero-order valence-electron chi connectivity index (χ0n) is 13.9. The van der Waals surface area contributed by atoms with Crippen LogP contribution in [0.5, 0.6) is 0 Å². The van der Waals surface area contributed by atoms with Gasteiger partial charge >= 0.3 is 0 Å². The molecule has 0 amide bonds. The number of sulfonamides is 1. The molecule has 0 saturated carbocycles. The van der Waals surface area contributed by atoms with E-state index in [0.29, 0.717) is 26.2 Å². The van der Waals surface area contributed by atoms with Crippen LogP contribution in [-0.4, -0.2) is 50.3 Å². The first kappa shape index (κ1) is 17.8. The van der Waals surface area contributed by atoms with Crippen LogP contribution in [0.3, 0.4) is 0 Å². The van der Waals surface area contributed by atoms with Crippen LogP contribution in [0.1, 0.15) is 5.56 Å². The predicted octanol–water partition coefficient (Wildman–Crippen LogP) is 2.85. The van der Waals surface area contributed by atoms with Crippen molar-refractivity contribution in [3.63, 3.8) is 0 Å². The van der Waals surface area contributed by atoms with Gasteiger partial charge in [0.1, 0.15) is 5.82 Å². The van der Waals surface area contributed by atoms with Crippen LogP contribution in [0.15, 0.2) is 65.6 Å². The van der Waals surface area contributed by atoms with E-state index in [0.717, 1.165) is 18.2 Å². The predicted molar refractivity (Wildman–Crippen MR) is 97.1 cm³/mol. The molecule has 132 valence electrons. The Balaban J connectivity index is 1.56. The highest BCUT2D eigenvalue weighted by Crippen LogP contribution is 2.18. The Hall–Kier alpha value is -2.02. The number of nitrogens with zero attached hydrogens (tertiary/aromatic N) is 2. The highest BCUT2D eigenvalue weighted by Gasteiger charge is 2.28. The van der Waals surface area contributed by atoms with E-state index in [9.17, 15) is 12.8 Å². The largest absolute Gasteiger partial charge is 0.297 e. The molecular weight excluding hydrogens is 339 g/mol. The first-order chi connectivity index (χ1) is 12.1. The molecule has 2 aromatic carbocycles. The SMILES string of the molecule is O=S(=O)(c1cccc(F)c1)N1CCN(C/C=C/c2ccccc2)CC1. The molecule has 1 fully saturated rings. The highest BCUT2D eigenvalue weighted by atomic mass is 32.2. The van der Waals surface area contributed by atoms with Crippen molar-refractivity contribution in [2.75, 3.05) is 32.7 Å². The molecule has 0 aliphatic carbocycles. The van der Waals surface area contributed by atoms with Gasteiger partial charge in [-0.3, -0.25) is 4.90 Å². The van der Waals surface area contributed by atoms with Gasteiger partial charge < -0.3 is 0 Å². The fourth-order valence-corrected chi connectivity index (χ4v) is 4.29. The van der Waals surface area contributed by atoms with Crippen LogP contribution in [0.2, 0.25) is 0 Å². The molecule has 1 aliphatic rings. The monoisotopic (exact) mass is 360 g/mol. The van der Waals surface area contributed by atoms with Gasteiger partial charge in [-0.2, -0.15) is 4.31 Å². The summed E-state index contributed by atoms with van der Waals surface area (Å²) in [6.45, 7) is 2.93. The highest BCUT2D eigenvalue weighted by molar-refractivity contribution is 7.89. The number of hydrogen-bond acceptors (Lipinski definition) is 3. The zero-order chi connectivity index (χ0) is 17.7. The van der Waals surface area contributed by atoms with Crippen molar-refractivity contribution in [2.45, 2.75) is 4.90 Å². The summed E-state index contributed by atoms with van der Waals surface area (Å²) in [7, 11) is -3.62. The van der Waals surface area contributed by atoms with E-state index in [4.69, 9.17) is 0 Å². The van der Waals surface area contributed by atoms with Gasteiger partial charge in [-0.15, -0.1) is 0 Å². The summed E-state index contributed by atoms with van der Waals surface area (Å²) in [6.07, 6.45) is 4.15. The van der Waals surface area contributed by atoms with Crippen LogP contribution in [0.25, 0.3) is 6.08 Å². The number of piperazine rings is 1. The molecule has 0 spiro atoms. The summed E-state index contributed by atoms with van der Waals surface area (Å²) in [5.74, 6) is -0.536. The lowest BCUT2D eigenvalue weighted by Crippen LogP contribution is -2.48. The molecule has 0 radical (unpaired) electrons. The van der Waals surface area contributed by atoms with Crippen LogP contribution in [-0.2, 0) is 10.0 Å². The van der Waals surface area contributed by atoms with E-state index < -0.39 is 15.8 Å². The standard InChI is InChI=1S/C19H21FN2O2S/c20-18-9-4-10-19(16-18)25(23,24)22-14-12-21(13-15-22)11-5-8-17-6-2-1-3-7-17/h1-10,16H,11-15H2/b8-5+. The van der Waals surface area contributed by atoms with Crippen molar-refractivity contribution in [1.29, 1.82) is 0 Å². The second-order valence-corrected chi connectivity index (χ2v) is 7.91. The van der Waals surface area contributed by atoms with Crippen molar-refractivity contribution in [3.8, 4) is 0 Å². The molecule has 1 saturated heterocycles. The van der Waals surface area contributed by atoms with Crippen LogP contribution < -0.4 is 0 Å². The number of benzene rings is 2. The maximum absolute atomic E-state index is 13.3. The van der Waals surface area contributed by atoms with Gasteiger partial charge in [0.2, 0.25) is 10.0 Å². The molecule has 3 rings (SSSR count). The smallest absolute Gasteiger partial charge is 0.243 e. The van der Waals surface area contributed by atoms with Gasteiger partial charge in [0.15, 0.2) is 0 Å². The molecule has 0 atom stereocenters. The second-order valence-electron chi connectivity index (χ2n) is 5.98. The minimum atomic E-state index is -3.62. The third-order valence-corrected chi connectivity index (χ3v) is 6.13. The topological polar surface area (TPSA) is 40.6 Å². The van der Waals surface area contributed by atoms with Crippen molar-refractivity contribution < 1.29 is 12.8 Å². The van der Waals surface area contributed by atoms with Gasteiger partial charge in [-0.05, 0) is 23.8 Å². The summed E-state index contributed by atoms with van der Waals surface area (Å²) in [5, 5.41) is 0.